The van der Waals surface area contributed by atoms with E-state index in [9.17, 15) is 9.59 Å². The number of fused-ring (bicyclic) bond motifs is 5. The lowest BCUT2D eigenvalue weighted by Gasteiger charge is -2.28. The van der Waals surface area contributed by atoms with Crippen LogP contribution in [0.25, 0.3) is 0 Å². The molecular weight excluding hydrogens is 362 g/mol. The first kappa shape index (κ1) is 16.6. The zero-order valence-corrected chi connectivity index (χ0v) is 15.5. The van der Waals surface area contributed by atoms with Crippen LogP contribution in [0.5, 0.6) is 11.5 Å². The SMILES string of the molecule is C[C@@]12C(=O)N(c3ccc(Oc4ccc(Cl)cc4)cc3)C(=O)[C@@H]1[C@@H]1C=C[C@@H]2C1. The predicted octanol–water partition coefficient (Wildman–Crippen LogP) is 4.83. The summed E-state index contributed by atoms with van der Waals surface area (Å²) in [7, 11) is 0. The van der Waals surface area contributed by atoms with Crippen molar-refractivity contribution in [3.8, 4) is 11.5 Å². The van der Waals surface area contributed by atoms with Gasteiger partial charge in [-0.25, -0.2) is 4.90 Å². The Hall–Kier alpha value is -2.59. The standard InChI is InChI=1S/C22H18ClNO3/c1-22-14-3-2-13(12-14)19(22)20(25)24(21(22)26)16-6-10-18(11-7-16)27-17-8-4-15(23)5-9-17/h2-11,13-14,19H,12H2,1H3/t13-,14-,19+,22+/m1/s1. The van der Waals surface area contributed by atoms with Gasteiger partial charge in [-0.15, -0.1) is 0 Å². The molecule has 27 heavy (non-hydrogen) atoms. The molecule has 1 saturated carbocycles. The number of anilines is 1. The molecule has 1 heterocycles. The molecule has 2 amide bonds. The molecule has 136 valence electrons. The van der Waals surface area contributed by atoms with E-state index in [0.717, 1.165) is 6.42 Å². The Morgan fingerprint density at radius 2 is 1.63 bits per heavy atom. The summed E-state index contributed by atoms with van der Waals surface area (Å²) >= 11 is 5.88. The largest absolute Gasteiger partial charge is 0.457 e. The fraction of sp³-hybridized carbons (Fsp3) is 0.273. The van der Waals surface area contributed by atoms with E-state index in [1.807, 2.05) is 6.92 Å². The van der Waals surface area contributed by atoms with Gasteiger partial charge in [0.05, 0.1) is 17.0 Å². The molecule has 0 spiro atoms. The number of imide groups is 1. The number of carbonyl (C=O) groups excluding carboxylic acids is 2. The number of hydrogen-bond donors (Lipinski definition) is 0. The van der Waals surface area contributed by atoms with Gasteiger partial charge in [0, 0.05) is 5.02 Å². The molecule has 4 nitrogen and oxygen atoms in total. The van der Waals surface area contributed by atoms with Crippen LogP contribution in [0.3, 0.4) is 0 Å². The molecule has 2 aliphatic carbocycles. The van der Waals surface area contributed by atoms with E-state index in [-0.39, 0.29) is 29.6 Å². The third-order valence-corrected chi connectivity index (χ3v) is 6.51. The zero-order chi connectivity index (χ0) is 18.8. The third-order valence-electron chi connectivity index (χ3n) is 6.26. The number of carbonyl (C=O) groups is 2. The molecule has 2 fully saturated rings. The van der Waals surface area contributed by atoms with E-state index >= 15 is 0 Å². The smallest absolute Gasteiger partial charge is 0.241 e. The van der Waals surface area contributed by atoms with Gasteiger partial charge >= 0.3 is 0 Å². The maximum Gasteiger partial charge on any atom is 0.241 e. The number of allylic oxidation sites excluding steroid dienone is 2. The molecule has 5 rings (SSSR count). The van der Waals surface area contributed by atoms with Crippen LogP contribution < -0.4 is 9.64 Å². The van der Waals surface area contributed by atoms with Gasteiger partial charge in [-0.3, -0.25) is 9.59 Å². The van der Waals surface area contributed by atoms with Gasteiger partial charge in [0.1, 0.15) is 11.5 Å². The van der Waals surface area contributed by atoms with Gasteiger partial charge in [0.25, 0.3) is 0 Å². The van der Waals surface area contributed by atoms with Crippen molar-refractivity contribution in [2.75, 3.05) is 4.90 Å². The van der Waals surface area contributed by atoms with E-state index in [1.165, 1.54) is 4.90 Å². The molecule has 4 atom stereocenters. The van der Waals surface area contributed by atoms with Crippen molar-refractivity contribution in [2.45, 2.75) is 13.3 Å². The number of nitrogens with zero attached hydrogens (tertiary/aromatic N) is 1. The molecule has 0 radical (unpaired) electrons. The lowest BCUT2D eigenvalue weighted by atomic mass is 9.71. The van der Waals surface area contributed by atoms with Crippen molar-refractivity contribution >= 4 is 29.1 Å². The first-order valence-electron chi connectivity index (χ1n) is 9.08. The van der Waals surface area contributed by atoms with Gasteiger partial charge < -0.3 is 4.74 Å². The topological polar surface area (TPSA) is 46.6 Å². The van der Waals surface area contributed by atoms with Gasteiger partial charge in [-0.2, -0.15) is 0 Å². The molecule has 2 bridgehead atoms. The van der Waals surface area contributed by atoms with Crippen molar-refractivity contribution < 1.29 is 14.3 Å². The molecule has 2 aromatic carbocycles. The van der Waals surface area contributed by atoms with Gasteiger partial charge in [0.15, 0.2) is 0 Å². The Morgan fingerprint density at radius 1 is 1.00 bits per heavy atom. The van der Waals surface area contributed by atoms with E-state index < -0.39 is 5.41 Å². The Kier molecular flexibility index (Phi) is 3.50. The van der Waals surface area contributed by atoms with Crippen LogP contribution in [0.15, 0.2) is 60.7 Å². The van der Waals surface area contributed by atoms with Gasteiger partial charge in [0.2, 0.25) is 11.8 Å². The molecular formula is C22H18ClNO3. The van der Waals surface area contributed by atoms with Crippen LogP contribution in [0.4, 0.5) is 5.69 Å². The molecule has 5 heteroatoms. The summed E-state index contributed by atoms with van der Waals surface area (Å²) in [4.78, 5) is 27.5. The highest BCUT2D eigenvalue weighted by molar-refractivity contribution is 6.30. The number of rotatable bonds is 3. The summed E-state index contributed by atoms with van der Waals surface area (Å²) in [6, 6.07) is 14.2. The van der Waals surface area contributed by atoms with Crippen LogP contribution in [0.1, 0.15) is 13.3 Å². The van der Waals surface area contributed by atoms with Crippen molar-refractivity contribution in [1.82, 2.24) is 0 Å². The van der Waals surface area contributed by atoms with Crippen LogP contribution in [-0.2, 0) is 9.59 Å². The van der Waals surface area contributed by atoms with E-state index in [4.69, 9.17) is 16.3 Å². The molecule has 0 N–H and O–H groups in total. The van der Waals surface area contributed by atoms with Crippen LogP contribution in [-0.4, -0.2) is 11.8 Å². The fourth-order valence-electron chi connectivity index (χ4n) is 4.85. The first-order valence-corrected chi connectivity index (χ1v) is 9.46. The Labute approximate surface area is 162 Å². The van der Waals surface area contributed by atoms with Crippen molar-refractivity contribution in [3.63, 3.8) is 0 Å². The highest BCUT2D eigenvalue weighted by Crippen LogP contribution is 2.60. The Balaban J connectivity index is 1.40. The highest BCUT2D eigenvalue weighted by Gasteiger charge is 2.67. The summed E-state index contributed by atoms with van der Waals surface area (Å²) in [6.07, 6.45) is 5.13. The molecule has 2 aromatic rings. The van der Waals surface area contributed by atoms with Gasteiger partial charge in [-0.1, -0.05) is 23.8 Å². The Morgan fingerprint density at radius 3 is 2.26 bits per heavy atom. The molecule has 1 saturated heterocycles. The molecule has 1 aliphatic heterocycles. The lowest BCUT2D eigenvalue weighted by molar-refractivity contribution is -0.127. The average molecular weight is 380 g/mol. The number of benzene rings is 2. The number of amides is 2. The zero-order valence-electron chi connectivity index (χ0n) is 14.8. The van der Waals surface area contributed by atoms with Crippen molar-refractivity contribution in [2.24, 2.45) is 23.2 Å². The van der Waals surface area contributed by atoms with Crippen LogP contribution in [0, 0.1) is 23.2 Å². The van der Waals surface area contributed by atoms with Crippen LogP contribution in [0.2, 0.25) is 5.02 Å². The summed E-state index contributed by atoms with van der Waals surface area (Å²) < 4.78 is 5.79. The molecule has 0 aromatic heterocycles. The third kappa shape index (κ3) is 2.29. The second kappa shape index (κ2) is 5.70. The number of halogens is 1. The second-order valence-corrected chi connectivity index (χ2v) is 8.12. The number of hydrogen-bond acceptors (Lipinski definition) is 3. The van der Waals surface area contributed by atoms with Gasteiger partial charge in [-0.05, 0) is 73.7 Å². The predicted molar refractivity (Wildman–Crippen MR) is 103 cm³/mol. The minimum atomic E-state index is -0.602. The summed E-state index contributed by atoms with van der Waals surface area (Å²) in [5.74, 6) is 1.27. The van der Waals surface area contributed by atoms with Crippen molar-refractivity contribution in [1.29, 1.82) is 0 Å². The second-order valence-electron chi connectivity index (χ2n) is 7.68. The van der Waals surface area contributed by atoms with E-state index in [2.05, 4.69) is 12.2 Å². The fourth-order valence-corrected chi connectivity index (χ4v) is 4.98. The highest BCUT2D eigenvalue weighted by atomic mass is 35.5. The normalized spacial score (nSPS) is 30.9. The molecule has 3 aliphatic rings. The lowest BCUT2D eigenvalue weighted by Crippen LogP contribution is -2.37. The summed E-state index contributed by atoms with van der Waals surface area (Å²) in [5, 5.41) is 0.645. The maximum atomic E-state index is 13.1. The summed E-state index contributed by atoms with van der Waals surface area (Å²) in [5.41, 5.74) is -0.00176. The van der Waals surface area contributed by atoms with Crippen LogP contribution >= 0.6 is 11.6 Å². The quantitative estimate of drug-likeness (QED) is 0.566. The first-order chi connectivity index (χ1) is 13.0. The monoisotopic (exact) mass is 379 g/mol. The van der Waals surface area contributed by atoms with Crippen molar-refractivity contribution in [3.05, 3.63) is 65.7 Å². The summed E-state index contributed by atoms with van der Waals surface area (Å²) in [6.45, 7) is 1.95. The maximum absolute atomic E-state index is 13.1. The minimum absolute atomic E-state index is 0.0780. The average Bonchev–Trinajstić information content (AvgIpc) is 3.30. The number of ether oxygens (including phenoxy) is 1. The Bertz CT molecular complexity index is 966. The minimum Gasteiger partial charge on any atom is -0.457 e. The molecule has 0 unspecified atom stereocenters. The van der Waals surface area contributed by atoms with E-state index in [0.29, 0.717) is 22.2 Å². The van der Waals surface area contributed by atoms with E-state index in [1.54, 1.807) is 48.5 Å².